The van der Waals surface area contributed by atoms with E-state index < -0.39 is 0 Å². The fraction of sp³-hybridized carbons (Fsp3) is 1.00. The molecule has 1 nitrogen and oxygen atoms in total. The van der Waals surface area contributed by atoms with Gasteiger partial charge in [-0.25, -0.2) is 0 Å². The second kappa shape index (κ2) is 6.15. The quantitative estimate of drug-likeness (QED) is 0.741. The van der Waals surface area contributed by atoms with Gasteiger partial charge in [-0.3, -0.25) is 0 Å². The first kappa shape index (κ1) is 11.8. The largest absolute Gasteiger partial charge is 0.310 e. The Bertz CT molecular complexity index is 177. The van der Waals surface area contributed by atoms with E-state index in [4.69, 9.17) is 0 Å². The van der Waals surface area contributed by atoms with Crippen molar-refractivity contribution in [2.75, 3.05) is 11.5 Å². The lowest BCUT2D eigenvalue weighted by atomic mass is 9.98. The lowest BCUT2D eigenvalue weighted by Crippen LogP contribution is -2.38. The van der Waals surface area contributed by atoms with Gasteiger partial charge in [0, 0.05) is 17.8 Å². The first-order chi connectivity index (χ1) is 7.38. The van der Waals surface area contributed by atoms with E-state index in [1.54, 1.807) is 0 Å². The second-order valence-electron chi connectivity index (χ2n) is 5.21. The first-order valence-electron chi connectivity index (χ1n) is 6.72. The van der Waals surface area contributed by atoms with E-state index in [1.807, 2.05) is 0 Å². The summed E-state index contributed by atoms with van der Waals surface area (Å²) in [4.78, 5) is 0. The Labute approximate surface area is 98.8 Å². The minimum Gasteiger partial charge on any atom is -0.310 e. The van der Waals surface area contributed by atoms with Gasteiger partial charge in [-0.05, 0) is 37.4 Å². The molecule has 0 amide bonds. The van der Waals surface area contributed by atoms with E-state index in [9.17, 15) is 0 Å². The van der Waals surface area contributed by atoms with Gasteiger partial charge in [-0.1, -0.05) is 26.2 Å². The number of nitrogens with one attached hydrogen (secondary N) is 1. The van der Waals surface area contributed by atoms with Crippen LogP contribution in [0, 0.1) is 5.92 Å². The van der Waals surface area contributed by atoms with E-state index in [0.717, 1.165) is 18.0 Å². The highest BCUT2D eigenvalue weighted by molar-refractivity contribution is 7.99. The molecule has 1 N–H and O–H groups in total. The monoisotopic (exact) mass is 227 g/mol. The van der Waals surface area contributed by atoms with Crippen molar-refractivity contribution in [3.8, 4) is 0 Å². The minimum absolute atomic E-state index is 0.832. The van der Waals surface area contributed by atoms with Crippen LogP contribution in [0.15, 0.2) is 0 Å². The van der Waals surface area contributed by atoms with Crippen LogP contribution < -0.4 is 5.32 Å². The normalized spacial score (nSPS) is 37.8. The zero-order valence-corrected chi connectivity index (χ0v) is 10.8. The molecule has 3 atom stereocenters. The lowest BCUT2D eigenvalue weighted by Gasteiger charge is -2.21. The maximum Gasteiger partial charge on any atom is 0.0168 e. The molecule has 88 valence electrons. The Hall–Kier alpha value is 0.310. The molecule has 0 bridgehead atoms. The van der Waals surface area contributed by atoms with Crippen LogP contribution in [0.25, 0.3) is 0 Å². The van der Waals surface area contributed by atoms with Crippen LogP contribution in [-0.2, 0) is 0 Å². The molecule has 1 saturated heterocycles. The molecule has 2 aliphatic rings. The van der Waals surface area contributed by atoms with Crippen LogP contribution in [0.1, 0.15) is 51.9 Å². The Kier molecular flexibility index (Phi) is 4.83. The molecular weight excluding hydrogens is 202 g/mol. The third-order valence-electron chi connectivity index (χ3n) is 4.07. The summed E-state index contributed by atoms with van der Waals surface area (Å²) in [5.41, 5.74) is 0. The summed E-state index contributed by atoms with van der Waals surface area (Å²) in [7, 11) is 0. The second-order valence-corrected chi connectivity index (χ2v) is 6.36. The first-order valence-corrected chi connectivity index (χ1v) is 7.87. The highest BCUT2D eigenvalue weighted by Gasteiger charge is 2.22. The summed E-state index contributed by atoms with van der Waals surface area (Å²) < 4.78 is 0. The molecule has 0 aromatic carbocycles. The molecule has 1 aliphatic carbocycles. The van der Waals surface area contributed by atoms with Gasteiger partial charge in [-0.2, -0.15) is 11.8 Å². The molecule has 2 heteroatoms. The molecule has 2 fully saturated rings. The van der Waals surface area contributed by atoms with Gasteiger partial charge < -0.3 is 5.32 Å². The number of thioether (sulfide) groups is 1. The van der Waals surface area contributed by atoms with Crippen molar-refractivity contribution in [2.24, 2.45) is 5.92 Å². The molecule has 1 saturated carbocycles. The van der Waals surface area contributed by atoms with Crippen LogP contribution in [0.5, 0.6) is 0 Å². The Morgan fingerprint density at radius 2 is 2.00 bits per heavy atom. The van der Waals surface area contributed by atoms with Crippen molar-refractivity contribution in [1.82, 2.24) is 5.32 Å². The summed E-state index contributed by atoms with van der Waals surface area (Å²) in [6.45, 7) is 2.35. The maximum absolute atomic E-state index is 3.88. The van der Waals surface area contributed by atoms with E-state index in [1.165, 1.54) is 56.5 Å². The van der Waals surface area contributed by atoms with Crippen LogP contribution in [0.3, 0.4) is 0 Å². The Balaban J connectivity index is 1.72. The number of hydrogen-bond donors (Lipinski definition) is 1. The van der Waals surface area contributed by atoms with E-state index >= 15 is 0 Å². The number of hydrogen-bond acceptors (Lipinski definition) is 2. The van der Waals surface area contributed by atoms with E-state index in [0.29, 0.717) is 0 Å². The molecular formula is C13H25NS. The van der Waals surface area contributed by atoms with Crippen molar-refractivity contribution in [2.45, 2.75) is 64.0 Å². The lowest BCUT2D eigenvalue weighted by molar-refractivity contribution is 0.398. The Morgan fingerprint density at radius 1 is 1.07 bits per heavy atom. The highest BCUT2D eigenvalue weighted by Crippen LogP contribution is 2.27. The Morgan fingerprint density at radius 3 is 2.73 bits per heavy atom. The van der Waals surface area contributed by atoms with Crippen molar-refractivity contribution >= 4 is 11.8 Å². The smallest absolute Gasteiger partial charge is 0.0168 e. The molecule has 3 unspecified atom stereocenters. The zero-order valence-electron chi connectivity index (χ0n) is 10.0. The summed E-state index contributed by atoms with van der Waals surface area (Å²) in [5.74, 6) is 3.75. The SMILES string of the molecule is CCC1CCCC(NC2CCSC2)CC1. The molecule has 0 aromatic rings. The molecule has 1 aliphatic heterocycles. The van der Waals surface area contributed by atoms with E-state index in [-0.39, 0.29) is 0 Å². The van der Waals surface area contributed by atoms with Gasteiger partial charge in [0.1, 0.15) is 0 Å². The predicted octanol–water partition coefficient (Wildman–Crippen LogP) is 3.44. The third kappa shape index (κ3) is 3.67. The van der Waals surface area contributed by atoms with Crippen molar-refractivity contribution in [3.05, 3.63) is 0 Å². The summed E-state index contributed by atoms with van der Waals surface area (Å²) in [6, 6.07) is 1.67. The highest BCUT2D eigenvalue weighted by atomic mass is 32.2. The molecule has 15 heavy (non-hydrogen) atoms. The summed E-state index contributed by atoms with van der Waals surface area (Å²) >= 11 is 2.12. The molecule has 0 aromatic heterocycles. The standard InChI is InChI=1S/C13H25NS/c1-2-11-4-3-5-12(7-6-11)14-13-8-9-15-10-13/h11-14H,2-10H2,1H3. The van der Waals surface area contributed by atoms with Gasteiger partial charge >= 0.3 is 0 Å². The van der Waals surface area contributed by atoms with Gasteiger partial charge in [0.2, 0.25) is 0 Å². The fourth-order valence-corrected chi connectivity index (χ4v) is 4.12. The van der Waals surface area contributed by atoms with Crippen molar-refractivity contribution < 1.29 is 0 Å². The third-order valence-corrected chi connectivity index (χ3v) is 5.23. The van der Waals surface area contributed by atoms with Crippen LogP contribution in [0.2, 0.25) is 0 Å². The molecule has 0 radical (unpaired) electrons. The summed E-state index contributed by atoms with van der Waals surface area (Å²) in [6.07, 6.45) is 10.1. The zero-order chi connectivity index (χ0) is 10.5. The van der Waals surface area contributed by atoms with Gasteiger partial charge in [0.05, 0.1) is 0 Å². The topological polar surface area (TPSA) is 12.0 Å². The van der Waals surface area contributed by atoms with E-state index in [2.05, 4.69) is 24.0 Å². The summed E-state index contributed by atoms with van der Waals surface area (Å²) in [5, 5.41) is 3.88. The van der Waals surface area contributed by atoms with Crippen LogP contribution in [0.4, 0.5) is 0 Å². The predicted molar refractivity (Wildman–Crippen MR) is 69.5 cm³/mol. The molecule has 1 heterocycles. The fourth-order valence-electron chi connectivity index (χ4n) is 2.95. The average molecular weight is 227 g/mol. The van der Waals surface area contributed by atoms with Gasteiger partial charge in [0.25, 0.3) is 0 Å². The van der Waals surface area contributed by atoms with Gasteiger partial charge in [0.15, 0.2) is 0 Å². The van der Waals surface area contributed by atoms with Crippen molar-refractivity contribution in [3.63, 3.8) is 0 Å². The van der Waals surface area contributed by atoms with Crippen LogP contribution in [-0.4, -0.2) is 23.6 Å². The van der Waals surface area contributed by atoms with Gasteiger partial charge in [-0.15, -0.1) is 0 Å². The molecule has 0 spiro atoms. The maximum atomic E-state index is 3.88. The van der Waals surface area contributed by atoms with Crippen LogP contribution >= 0.6 is 11.8 Å². The molecule has 2 rings (SSSR count). The average Bonchev–Trinajstić information content (AvgIpc) is 2.64. The number of rotatable bonds is 3. The minimum atomic E-state index is 0.832. The van der Waals surface area contributed by atoms with Crippen molar-refractivity contribution in [1.29, 1.82) is 0 Å².